The number of benzene rings is 1. The van der Waals surface area contributed by atoms with Gasteiger partial charge in [0.25, 0.3) is 5.91 Å². The highest BCUT2D eigenvalue weighted by molar-refractivity contribution is 5.97. The summed E-state index contributed by atoms with van der Waals surface area (Å²) in [5.74, 6) is -4.60. The average Bonchev–Trinajstić information content (AvgIpc) is 2.31. The van der Waals surface area contributed by atoms with Crippen molar-refractivity contribution in [2.24, 2.45) is 0 Å². The minimum Gasteiger partial charge on any atom is -0.481 e. The Morgan fingerprint density at radius 2 is 1.95 bits per heavy atom. The predicted molar refractivity (Wildman–Crippen MR) is 62.3 cm³/mol. The summed E-state index contributed by atoms with van der Waals surface area (Å²) in [6, 6.07) is 2.49. The molecule has 102 valence electrons. The number of carboxylic acids is 2. The molecule has 1 aromatic rings. The van der Waals surface area contributed by atoms with Crippen molar-refractivity contribution in [3.05, 3.63) is 35.1 Å². The molecule has 0 aliphatic heterocycles. The molecule has 1 rings (SSSR count). The summed E-state index contributed by atoms with van der Waals surface area (Å²) < 4.78 is 13.6. The molecule has 0 spiro atoms. The lowest BCUT2D eigenvalue weighted by atomic mass is 10.1. The van der Waals surface area contributed by atoms with Crippen molar-refractivity contribution in [3.63, 3.8) is 0 Å². The van der Waals surface area contributed by atoms with Gasteiger partial charge in [-0.2, -0.15) is 0 Å². The van der Waals surface area contributed by atoms with Crippen molar-refractivity contribution in [2.75, 3.05) is 0 Å². The molecule has 1 amide bonds. The number of aryl methyl sites for hydroxylation is 1. The Morgan fingerprint density at radius 3 is 2.47 bits per heavy atom. The molecule has 7 heteroatoms. The van der Waals surface area contributed by atoms with Gasteiger partial charge in [-0.05, 0) is 18.6 Å². The summed E-state index contributed by atoms with van der Waals surface area (Å²) in [4.78, 5) is 33.0. The average molecular weight is 269 g/mol. The molecule has 1 aromatic carbocycles. The largest absolute Gasteiger partial charge is 0.481 e. The van der Waals surface area contributed by atoms with Gasteiger partial charge in [0, 0.05) is 0 Å². The number of carbonyl (C=O) groups is 3. The van der Waals surface area contributed by atoms with E-state index in [9.17, 15) is 18.8 Å². The summed E-state index contributed by atoms with van der Waals surface area (Å²) in [5, 5.41) is 19.3. The molecule has 0 fully saturated rings. The van der Waals surface area contributed by atoms with Crippen LogP contribution in [0, 0.1) is 12.7 Å². The van der Waals surface area contributed by atoms with Crippen LogP contribution in [0.2, 0.25) is 0 Å². The first-order valence-corrected chi connectivity index (χ1v) is 5.33. The van der Waals surface area contributed by atoms with Crippen LogP contribution in [-0.4, -0.2) is 34.1 Å². The fourth-order valence-electron chi connectivity index (χ4n) is 1.43. The van der Waals surface area contributed by atoms with E-state index in [0.717, 1.165) is 0 Å². The second-order valence-electron chi connectivity index (χ2n) is 3.90. The van der Waals surface area contributed by atoms with Gasteiger partial charge in [0.05, 0.1) is 12.0 Å². The van der Waals surface area contributed by atoms with E-state index in [2.05, 4.69) is 0 Å². The smallest absolute Gasteiger partial charge is 0.326 e. The quantitative estimate of drug-likeness (QED) is 0.733. The van der Waals surface area contributed by atoms with Crippen molar-refractivity contribution in [1.29, 1.82) is 0 Å². The van der Waals surface area contributed by atoms with Crippen molar-refractivity contribution < 1.29 is 29.0 Å². The van der Waals surface area contributed by atoms with Crippen molar-refractivity contribution in [3.8, 4) is 0 Å². The lowest BCUT2D eigenvalue weighted by Gasteiger charge is -2.13. The van der Waals surface area contributed by atoms with E-state index in [1.165, 1.54) is 25.1 Å². The molecule has 0 unspecified atom stereocenters. The van der Waals surface area contributed by atoms with Crippen molar-refractivity contribution in [1.82, 2.24) is 5.32 Å². The molecule has 6 nitrogen and oxygen atoms in total. The van der Waals surface area contributed by atoms with Gasteiger partial charge in [0.2, 0.25) is 0 Å². The summed E-state index contributed by atoms with van der Waals surface area (Å²) in [6.07, 6.45) is -0.783. The fourth-order valence-corrected chi connectivity index (χ4v) is 1.43. The first kappa shape index (κ1) is 14.6. The number of carboxylic acid groups (broad SMARTS) is 2. The lowest BCUT2D eigenvalue weighted by molar-refractivity contribution is -0.145. The molecule has 0 aliphatic rings. The first-order valence-electron chi connectivity index (χ1n) is 5.33. The Labute approximate surface area is 107 Å². The van der Waals surface area contributed by atoms with E-state index >= 15 is 0 Å². The Bertz CT molecular complexity index is 529. The van der Waals surface area contributed by atoms with Gasteiger partial charge >= 0.3 is 11.9 Å². The minimum atomic E-state index is -1.61. The van der Waals surface area contributed by atoms with E-state index in [1.807, 2.05) is 5.32 Å². The van der Waals surface area contributed by atoms with E-state index in [-0.39, 0.29) is 11.1 Å². The summed E-state index contributed by atoms with van der Waals surface area (Å²) in [5.41, 5.74) is -0.0885. The molecule has 0 aliphatic carbocycles. The monoisotopic (exact) mass is 269 g/mol. The zero-order valence-corrected chi connectivity index (χ0v) is 10.0. The minimum absolute atomic E-state index is 0.234. The standard InChI is InChI=1S/C12H12FNO5/c1-6-3-2-4-7(10(6)13)11(17)14-8(12(18)19)5-9(15)16/h2-4,8H,5H2,1H3,(H,14,17)(H,15,16)(H,18,19)/t8-/m0/s1. The van der Waals surface area contributed by atoms with Crippen LogP contribution >= 0.6 is 0 Å². The first-order chi connectivity index (χ1) is 8.82. The Balaban J connectivity index is 2.91. The molecular formula is C12H12FNO5. The van der Waals surface area contributed by atoms with E-state index < -0.39 is 36.1 Å². The van der Waals surface area contributed by atoms with Crippen LogP contribution in [0.5, 0.6) is 0 Å². The molecule has 0 saturated heterocycles. The molecular weight excluding hydrogens is 257 g/mol. The van der Waals surface area contributed by atoms with Gasteiger partial charge < -0.3 is 15.5 Å². The Morgan fingerprint density at radius 1 is 1.32 bits per heavy atom. The van der Waals surface area contributed by atoms with E-state index in [4.69, 9.17) is 10.2 Å². The number of aliphatic carboxylic acids is 2. The third-order valence-corrected chi connectivity index (χ3v) is 2.42. The zero-order chi connectivity index (χ0) is 14.6. The van der Waals surface area contributed by atoms with Crippen LogP contribution in [0.15, 0.2) is 18.2 Å². The van der Waals surface area contributed by atoms with E-state index in [0.29, 0.717) is 0 Å². The summed E-state index contributed by atoms with van der Waals surface area (Å²) in [7, 11) is 0. The normalized spacial score (nSPS) is 11.7. The van der Waals surface area contributed by atoms with Crippen molar-refractivity contribution in [2.45, 2.75) is 19.4 Å². The molecule has 0 saturated carbocycles. The van der Waals surface area contributed by atoms with Gasteiger partial charge in [-0.15, -0.1) is 0 Å². The third kappa shape index (κ3) is 3.77. The van der Waals surface area contributed by atoms with Crippen LogP contribution in [0.3, 0.4) is 0 Å². The maximum Gasteiger partial charge on any atom is 0.326 e. The van der Waals surface area contributed by atoms with Gasteiger partial charge in [-0.1, -0.05) is 12.1 Å². The maximum atomic E-state index is 13.6. The van der Waals surface area contributed by atoms with Gasteiger partial charge in [-0.25, -0.2) is 9.18 Å². The fraction of sp³-hybridized carbons (Fsp3) is 0.250. The lowest BCUT2D eigenvalue weighted by Crippen LogP contribution is -2.42. The zero-order valence-electron chi connectivity index (χ0n) is 10.0. The number of amides is 1. The molecule has 0 heterocycles. The van der Waals surface area contributed by atoms with Gasteiger partial charge in [0.15, 0.2) is 0 Å². The third-order valence-electron chi connectivity index (χ3n) is 2.42. The van der Waals surface area contributed by atoms with Crippen LogP contribution in [0.25, 0.3) is 0 Å². The second-order valence-corrected chi connectivity index (χ2v) is 3.90. The Kier molecular flexibility index (Phi) is 4.57. The molecule has 0 radical (unpaired) electrons. The summed E-state index contributed by atoms with van der Waals surface area (Å²) >= 11 is 0. The number of rotatable bonds is 5. The van der Waals surface area contributed by atoms with Crippen LogP contribution in [0.4, 0.5) is 4.39 Å². The SMILES string of the molecule is Cc1cccc(C(=O)N[C@@H](CC(=O)O)C(=O)O)c1F. The number of nitrogens with one attached hydrogen (secondary N) is 1. The molecule has 19 heavy (non-hydrogen) atoms. The van der Waals surface area contributed by atoms with E-state index in [1.54, 1.807) is 0 Å². The van der Waals surface area contributed by atoms with Crippen LogP contribution in [-0.2, 0) is 9.59 Å². The topological polar surface area (TPSA) is 104 Å². The highest BCUT2D eigenvalue weighted by Gasteiger charge is 2.24. The van der Waals surface area contributed by atoms with Gasteiger partial charge in [0.1, 0.15) is 11.9 Å². The van der Waals surface area contributed by atoms with Crippen LogP contribution in [0.1, 0.15) is 22.3 Å². The van der Waals surface area contributed by atoms with Crippen molar-refractivity contribution >= 4 is 17.8 Å². The highest BCUT2D eigenvalue weighted by Crippen LogP contribution is 2.12. The number of carbonyl (C=O) groups excluding carboxylic acids is 1. The highest BCUT2D eigenvalue weighted by atomic mass is 19.1. The Hall–Kier alpha value is -2.44. The number of hydrogen-bond acceptors (Lipinski definition) is 3. The molecule has 3 N–H and O–H groups in total. The summed E-state index contributed by atoms with van der Waals surface area (Å²) in [6.45, 7) is 1.46. The van der Waals surface area contributed by atoms with Crippen LogP contribution < -0.4 is 5.32 Å². The molecule has 0 aromatic heterocycles. The number of hydrogen-bond donors (Lipinski definition) is 3. The second kappa shape index (κ2) is 5.94. The predicted octanol–water partition coefficient (Wildman–Crippen LogP) is 0.792. The maximum absolute atomic E-state index is 13.6. The molecule has 0 bridgehead atoms. The molecule has 1 atom stereocenters. The van der Waals surface area contributed by atoms with Gasteiger partial charge in [-0.3, -0.25) is 9.59 Å². The number of halogens is 1.